The van der Waals surface area contributed by atoms with Gasteiger partial charge < -0.3 is 89.4 Å². The fourth-order valence-corrected chi connectivity index (χ4v) is 13.7. The second-order valence-electron chi connectivity index (χ2n) is 24.2. The quantitative estimate of drug-likeness (QED) is 0.0361. The van der Waals surface area contributed by atoms with Gasteiger partial charge in [0, 0.05) is 59.0 Å². The number of hydrogen-bond acceptors (Lipinski definition) is 18. The van der Waals surface area contributed by atoms with Gasteiger partial charge in [0.05, 0.1) is 30.9 Å². The third-order valence-corrected chi connectivity index (χ3v) is 19.3. The lowest BCUT2D eigenvalue weighted by Gasteiger charge is -2.29. The summed E-state index contributed by atoms with van der Waals surface area (Å²) in [6.07, 6.45) is -0.197. The van der Waals surface area contributed by atoms with Gasteiger partial charge in [0.2, 0.25) is 41.4 Å². The van der Waals surface area contributed by atoms with Gasteiger partial charge in [0.1, 0.15) is 58.9 Å². The lowest BCUT2D eigenvalue weighted by atomic mass is 9.90. The summed E-state index contributed by atoms with van der Waals surface area (Å²) < 4.78 is 0. The van der Waals surface area contributed by atoms with Crippen LogP contribution in [0.15, 0.2) is 152 Å². The Hall–Kier alpha value is -10.1. The highest BCUT2D eigenvalue weighted by atomic mass is 33.1. The number of carbonyl (C=O) groups is 9. The Kier molecular flexibility index (Phi) is 27.4. The zero-order valence-electron chi connectivity index (χ0n) is 54.8. The molecule has 10 atom stereocenters. The maximum Gasteiger partial charge on any atom is 0.339 e. The number of aromatic carboxylic acids is 2. The average Bonchev–Trinajstić information content (AvgIpc) is 0.880. The normalized spacial score (nSPS) is 19.4. The van der Waals surface area contributed by atoms with Crippen molar-refractivity contribution in [3.8, 4) is 11.5 Å². The molecule has 0 unspecified atom stereocenters. The van der Waals surface area contributed by atoms with Gasteiger partial charge in [-0.1, -0.05) is 149 Å². The summed E-state index contributed by atoms with van der Waals surface area (Å²) in [6, 6.07) is 31.4. The highest BCUT2D eigenvalue weighted by Gasteiger charge is 2.37. The van der Waals surface area contributed by atoms with Crippen molar-refractivity contribution in [2.75, 3.05) is 24.7 Å². The second kappa shape index (κ2) is 36.1. The van der Waals surface area contributed by atoms with Crippen LogP contribution in [-0.2, 0) is 59.2 Å². The molecule has 528 valence electrons. The minimum Gasteiger partial charge on any atom is -0.507 e. The molecule has 1 saturated heterocycles. The van der Waals surface area contributed by atoms with E-state index in [1.54, 1.807) is 109 Å². The van der Waals surface area contributed by atoms with Crippen molar-refractivity contribution in [1.29, 1.82) is 0 Å². The Morgan fingerprint density at radius 3 is 1.67 bits per heavy atom. The van der Waals surface area contributed by atoms with E-state index in [1.807, 2.05) is 30.3 Å². The van der Waals surface area contributed by atoms with Crippen LogP contribution in [0.3, 0.4) is 0 Å². The number of carboxylic acid groups (broad SMARTS) is 2. The van der Waals surface area contributed by atoms with Crippen LogP contribution < -0.4 is 48.7 Å². The lowest BCUT2D eigenvalue weighted by Crippen LogP contribution is -2.62. The number of phenols is 2. The predicted molar refractivity (Wildman–Crippen MR) is 380 cm³/mol. The molecule has 1 aromatic heterocycles. The molecule has 0 aliphatic carbocycles. The predicted octanol–water partition coefficient (Wildman–Crippen LogP) is 3.59. The number of aromatic nitrogens is 1. The number of fused-ring (bicyclic) bond motifs is 3. The van der Waals surface area contributed by atoms with Crippen LogP contribution in [-0.4, -0.2) is 179 Å². The van der Waals surface area contributed by atoms with E-state index in [1.165, 1.54) is 26.0 Å². The molecule has 28 heteroatoms. The number of H-pyrrole nitrogens is 1. The van der Waals surface area contributed by atoms with Gasteiger partial charge in [-0.2, -0.15) is 0 Å². The zero-order chi connectivity index (χ0) is 72.2. The molecule has 7 amide bonds. The van der Waals surface area contributed by atoms with Gasteiger partial charge in [0.25, 0.3) is 0 Å². The number of amides is 7. The molecule has 2 heterocycles. The van der Waals surface area contributed by atoms with Gasteiger partial charge in [-0.25, -0.2) is 9.59 Å². The number of aliphatic hydroxyl groups is 3. The highest BCUT2D eigenvalue weighted by molar-refractivity contribution is 8.76. The lowest BCUT2D eigenvalue weighted by molar-refractivity contribution is -0.136. The summed E-state index contributed by atoms with van der Waals surface area (Å²) in [5.74, 6) is -9.36. The van der Waals surface area contributed by atoms with Gasteiger partial charge in [-0.3, -0.25) is 33.6 Å². The largest absolute Gasteiger partial charge is 0.507 e. The van der Waals surface area contributed by atoms with Gasteiger partial charge in [0.15, 0.2) is 0 Å². The molecule has 9 rings (SSSR count). The number of aliphatic hydroxyl groups excluding tert-OH is 3. The van der Waals surface area contributed by atoms with Crippen molar-refractivity contribution in [2.45, 2.75) is 119 Å². The fraction of sp³-hybridized carbons (Fsp3) is 0.319. The van der Waals surface area contributed by atoms with Crippen LogP contribution >= 0.6 is 21.6 Å². The average molecular weight is 1410 g/mol. The SMILES string of the molecule is C[C@@H](O)[C@@H]1NC(=O)[C@H](CCCCN)NC(=O)[C@H](Cc2c[nH]c3ccccc23)NC(=O)[C@H](Cc2ccccc2)NC(=O)[C@@H](NC(=O)[C@H](N)Cc2ccccc2)CSSC[C@@H](C(=O)N[C@H](CO)[C@@H](C)O)NC1=O.O=C(O)c1cc2ccccc2c(Cc2c(O)c(C(=O)O)cc3ccccc23)c1O. The molecule has 26 nitrogen and oxygen atoms in total. The standard InChI is InChI=1S/C49H66N10O10S2.C23H16O6/c1-28(61)39(25-60)56-48(68)41-27-71-70-26-40(57-43(63)34(51)21-30-13-5-3-6-14-30)47(67)54-37(22-31-15-7-4-8-16-31)45(65)55-38(23-32-24-52-35-18-10-9-17-33(32)35)46(66)53-36(19-11-12-20-50)44(64)59-42(29(2)62)49(69)58-41;24-20-16(14-7-3-1-5-12(14)9-18(20)22(26)27)11-17-15-8-4-2-6-13(15)10-19(21(17)25)23(28)29/h3-10,13-18,24,28-29,34,36-42,52,60-62H,11-12,19-23,25-27,50-51H2,1-2H3,(H,53,66)(H,54,67)(H,55,65)(H,56,68)(H,57,63)(H,58,69)(H,59,64);1-10,24-25H,11H2,(H,26,27)(H,28,29)/t28-,29-,34-,36+,37+,38+,39-,40+,41+,42+;/m1./s1. The summed E-state index contributed by atoms with van der Waals surface area (Å²) in [4.78, 5) is 126. The second-order valence-corrected chi connectivity index (χ2v) is 26.8. The molecule has 1 fully saturated rings. The molecule has 1 aliphatic heterocycles. The number of carboxylic acids is 2. The minimum atomic E-state index is -1.66. The van der Waals surface area contributed by atoms with Gasteiger partial charge in [-0.15, -0.1) is 0 Å². The summed E-state index contributed by atoms with van der Waals surface area (Å²) >= 11 is 0. The maximum atomic E-state index is 14.7. The number of benzene rings is 7. The van der Waals surface area contributed by atoms with E-state index < -0.39 is 132 Å². The Bertz CT molecular complexity index is 4120. The molecule has 7 aromatic carbocycles. The molecule has 19 N–H and O–H groups in total. The van der Waals surface area contributed by atoms with E-state index in [2.05, 4.69) is 42.2 Å². The summed E-state index contributed by atoms with van der Waals surface area (Å²) in [6.45, 7) is 2.23. The number of aromatic amines is 1. The molecule has 1 aliphatic rings. The van der Waals surface area contributed by atoms with Crippen LogP contribution in [0.2, 0.25) is 0 Å². The number of nitrogens with two attached hydrogens (primary N) is 2. The number of hydrogen-bond donors (Lipinski definition) is 17. The number of para-hydroxylation sites is 1. The topological polar surface area (TPSA) is 447 Å². The zero-order valence-corrected chi connectivity index (χ0v) is 56.4. The molecule has 0 spiro atoms. The van der Waals surface area contributed by atoms with Gasteiger partial charge in [-0.05, 0) is 103 Å². The van der Waals surface area contributed by atoms with Gasteiger partial charge >= 0.3 is 11.9 Å². The van der Waals surface area contributed by atoms with Crippen molar-refractivity contribution >= 4 is 107 Å². The monoisotopic (exact) mass is 1410 g/mol. The summed E-state index contributed by atoms with van der Waals surface area (Å²) in [5, 5.41) is 93.3. The van der Waals surface area contributed by atoms with Crippen LogP contribution in [0.25, 0.3) is 32.4 Å². The van der Waals surface area contributed by atoms with E-state index in [9.17, 15) is 78.9 Å². The molecule has 0 saturated carbocycles. The third-order valence-electron chi connectivity index (χ3n) is 16.9. The van der Waals surface area contributed by atoms with E-state index in [4.69, 9.17) is 11.5 Å². The Balaban J connectivity index is 0.000000361. The van der Waals surface area contributed by atoms with Crippen molar-refractivity contribution in [2.24, 2.45) is 11.5 Å². The van der Waals surface area contributed by atoms with Crippen molar-refractivity contribution in [3.63, 3.8) is 0 Å². The molecule has 0 radical (unpaired) electrons. The molecule has 8 aromatic rings. The van der Waals surface area contributed by atoms with Crippen LogP contribution in [0.4, 0.5) is 0 Å². The number of nitrogens with one attached hydrogen (secondary N) is 8. The van der Waals surface area contributed by atoms with E-state index in [0.29, 0.717) is 56.6 Å². The highest BCUT2D eigenvalue weighted by Crippen LogP contribution is 2.39. The smallest absolute Gasteiger partial charge is 0.339 e. The van der Waals surface area contributed by atoms with Crippen molar-refractivity contribution < 1.29 is 78.9 Å². The summed E-state index contributed by atoms with van der Waals surface area (Å²) in [7, 11) is 2.06. The first kappa shape index (κ1) is 75.7. The fourth-order valence-electron chi connectivity index (χ4n) is 11.4. The van der Waals surface area contributed by atoms with Crippen molar-refractivity contribution in [3.05, 3.63) is 191 Å². The minimum absolute atomic E-state index is 0.0340. The number of aromatic hydroxyl groups is 2. The van der Waals surface area contributed by atoms with Crippen LogP contribution in [0.1, 0.15) is 81.6 Å². The first-order valence-corrected chi connectivity index (χ1v) is 34.8. The number of carbonyl (C=O) groups excluding carboxylic acids is 7. The molecular weight excluding hydrogens is 1320 g/mol. The van der Waals surface area contributed by atoms with E-state index in [0.717, 1.165) is 38.1 Å². The molecule has 100 heavy (non-hydrogen) atoms. The maximum absolute atomic E-state index is 14.7. The Labute approximate surface area is 583 Å². The van der Waals surface area contributed by atoms with Crippen LogP contribution in [0, 0.1) is 0 Å². The number of rotatable bonds is 21. The third kappa shape index (κ3) is 20.1. The van der Waals surface area contributed by atoms with E-state index >= 15 is 0 Å². The summed E-state index contributed by atoms with van der Waals surface area (Å²) in [5.41, 5.74) is 15.1. The van der Waals surface area contributed by atoms with Crippen LogP contribution in [0.5, 0.6) is 11.5 Å². The van der Waals surface area contributed by atoms with Crippen molar-refractivity contribution in [1.82, 2.24) is 42.2 Å². The van der Waals surface area contributed by atoms with E-state index in [-0.39, 0.29) is 61.3 Å². The molecular formula is C72H82N10O16S2. The first-order valence-electron chi connectivity index (χ1n) is 32.3. The Morgan fingerprint density at radius 1 is 0.600 bits per heavy atom. The molecule has 0 bridgehead atoms. The first-order chi connectivity index (χ1) is 48.0. The Morgan fingerprint density at radius 2 is 1.11 bits per heavy atom. The number of unbranched alkanes of at least 4 members (excludes halogenated alkanes) is 1.